The number of carbonyl (C=O) groups excluding carboxylic acids is 1. The zero-order valence-electron chi connectivity index (χ0n) is 10.8. The highest BCUT2D eigenvalue weighted by Gasteiger charge is 2.39. The molecule has 2 bridgehead atoms. The van der Waals surface area contributed by atoms with Crippen molar-refractivity contribution in [3.8, 4) is 0 Å². The average Bonchev–Trinajstić information content (AvgIpc) is 3.13. The Labute approximate surface area is 113 Å². The predicted molar refractivity (Wildman–Crippen MR) is 76.7 cm³/mol. The largest absolute Gasteiger partial charge is 0.326 e. The summed E-state index contributed by atoms with van der Waals surface area (Å²) in [5, 5.41) is 3.09. The number of benzene rings is 1. The third kappa shape index (κ3) is 1.83. The second kappa shape index (κ2) is 4.09. The van der Waals surface area contributed by atoms with Crippen LogP contribution in [0, 0.1) is 17.8 Å². The Balaban J connectivity index is 1.51. The summed E-state index contributed by atoms with van der Waals surface area (Å²) in [6, 6.07) is 6.22. The molecule has 1 N–H and O–H groups in total. The number of carbonyl (C=O) groups is 1. The van der Waals surface area contributed by atoms with Crippen molar-refractivity contribution in [1.82, 2.24) is 0 Å². The number of hydrogen-bond acceptors (Lipinski definition) is 1. The highest BCUT2D eigenvalue weighted by atomic mass is 16.1. The minimum Gasteiger partial charge on any atom is -0.326 e. The van der Waals surface area contributed by atoms with Gasteiger partial charge < -0.3 is 5.32 Å². The van der Waals surface area contributed by atoms with Gasteiger partial charge in [0.2, 0.25) is 5.91 Å². The Kier molecular flexibility index (Phi) is 2.37. The molecule has 0 aliphatic heterocycles. The van der Waals surface area contributed by atoms with Crippen LogP contribution in [0.4, 0.5) is 5.69 Å². The molecule has 1 amide bonds. The van der Waals surface area contributed by atoms with Crippen LogP contribution in [-0.4, -0.2) is 5.91 Å². The van der Waals surface area contributed by atoms with Gasteiger partial charge in [-0.05, 0) is 54.4 Å². The number of hydrogen-bond donors (Lipinski definition) is 1. The molecule has 1 fully saturated rings. The zero-order chi connectivity index (χ0) is 12.8. The molecule has 2 nitrogen and oxygen atoms in total. The number of amides is 1. The van der Waals surface area contributed by atoms with Gasteiger partial charge in [-0.15, -0.1) is 0 Å². The quantitative estimate of drug-likeness (QED) is 0.802. The molecule has 96 valence electrons. The maximum Gasteiger partial charge on any atom is 0.228 e. The third-order valence-electron chi connectivity index (χ3n) is 4.66. The minimum absolute atomic E-state index is 0.179. The van der Waals surface area contributed by atoms with E-state index in [4.69, 9.17) is 0 Å². The van der Waals surface area contributed by atoms with Crippen molar-refractivity contribution < 1.29 is 4.79 Å². The maximum absolute atomic E-state index is 12.3. The van der Waals surface area contributed by atoms with Gasteiger partial charge in [0.1, 0.15) is 0 Å². The van der Waals surface area contributed by atoms with E-state index in [-0.39, 0.29) is 11.8 Å². The molecular weight excluding hydrogens is 234 g/mol. The van der Waals surface area contributed by atoms with E-state index in [9.17, 15) is 4.79 Å². The normalized spacial score (nSPS) is 29.8. The Morgan fingerprint density at radius 2 is 2.16 bits per heavy atom. The molecule has 4 rings (SSSR count). The molecule has 0 heterocycles. The summed E-state index contributed by atoms with van der Waals surface area (Å²) in [4.78, 5) is 12.3. The van der Waals surface area contributed by atoms with E-state index in [2.05, 4.69) is 41.8 Å². The Morgan fingerprint density at radius 3 is 2.95 bits per heavy atom. The molecule has 1 saturated carbocycles. The average molecular weight is 251 g/mol. The standard InChI is InChI=1S/C17H17NO/c19-17(16-9-11-4-5-14(16)8-11)18-15-7-6-12-2-1-3-13(12)10-15/h1,3-7,10-11,14,16H,2,8-9H2,(H,18,19). The van der Waals surface area contributed by atoms with Crippen molar-refractivity contribution >= 4 is 17.7 Å². The summed E-state index contributed by atoms with van der Waals surface area (Å²) in [5.41, 5.74) is 3.52. The monoisotopic (exact) mass is 251 g/mol. The lowest BCUT2D eigenvalue weighted by atomic mass is 9.92. The van der Waals surface area contributed by atoms with E-state index >= 15 is 0 Å². The SMILES string of the molecule is O=C(Nc1ccc2c(c1)C=CC2)C1CC2C=CC1C2. The van der Waals surface area contributed by atoms with Gasteiger partial charge in [0, 0.05) is 11.6 Å². The molecule has 0 saturated heterocycles. The summed E-state index contributed by atoms with van der Waals surface area (Å²) >= 11 is 0. The van der Waals surface area contributed by atoms with E-state index < -0.39 is 0 Å². The van der Waals surface area contributed by atoms with Crippen LogP contribution in [0.3, 0.4) is 0 Å². The van der Waals surface area contributed by atoms with E-state index in [0.717, 1.165) is 18.5 Å². The van der Waals surface area contributed by atoms with Crippen molar-refractivity contribution in [3.05, 3.63) is 47.6 Å². The fourth-order valence-corrected chi connectivity index (χ4v) is 3.64. The second-order valence-corrected chi connectivity index (χ2v) is 5.90. The van der Waals surface area contributed by atoms with Crippen LogP contribution in [0.5, 0.6) is 0 Å². The Bertz CT molecular complexity index is 599. The molecule has 3 atom stereocenters. The number of rotatable bonds is 2. The van der Waals surface area contributed by atoms with E-state index in [1.54, 1.807) is 0 Å². The number of allylic oxidation sites excluding steroid dienone is 3. The van der Waals surface area contributed by atoms with Crippen molar-refractivity contribution in [2.24, 2.45) is 17.8 Å². The lowest BCUT2D eigenvalue weighted by molar-refractivity contribution is -0.120. The van der Waals surface area contributed by atoms with E-state index in [1.165, 1.54) is 17.5 Å². The second-order valence-electron chi connectivity index (χ2n) is 5.90. The zero-order valence-corrected chi connectivity index (χ0v) is 10.8. The molecule has 19 heavy (non-hydrogen) atoms. The highest BCUT2D eigenvalue weighted by molar-refractivity contribution is 5.93. The number of nitrogens with one attached hydrogen (secondary N) is 1. The van der Waals surface area contributed by atoms with Crippen LogP contribution in [0.1, 0.15) is 24.0 Å². The van der Waals surface area contributed by atoms with Crippen LogP contribution < -0.4 is 5.32 Å². The van der Waals surface area contributed by atoms with Crippen LogP contribution in [0.2, 0.25) is 0 Å². The van der Waals surface area contributed by atoms with Gasteiger partial charge in [-0.2, -0.15) is 0 Å². The number of anilines is 1. The Morgan fingerprint density at radius 1 is 1.21 bits per heavy atom. The topological polar surface area (TPSA) is 29.1 Å². The fraction of sp³-hybridized carbons (Fsp3) is 0.353. The van der Waals surface area contributed by atoms with Crippen molar-refractivity contribution in [1.29, 1.82) is 0 Å². The summed E-state index contributed by atoms with van der Waals surface area (Å²) in [5.74, 6) is 1.49. The van der Waals surface area contributed by atoms with Crippen LogP contribution in [0.25, 0.3) is 6.08 Å². The van der Waals surface area contributed by atoms with E-state index in [0.29, 0.717) is 11.8 Å². The van der Waals surface area contributed by atoms with Gasteiger partial charge in [0.25, 0.3) is 0 Å². The number of fused-ring (bicyclic) bond motifs is 3. The van der Waals surface area contributed by atoms with Crippen molar-refractivity contribution in [2.45, 2.75) is 19.3 Å². The first-order valence-corrected chi connectivity index (χ1v) is 7.08. The summed E-state index contributed by atoms with van der Waals surface area (Å²) < 4.78 is 0. The lowest BCUT2D eigenvalue weighted by Crippen LogP contribution is -2.25. The molecule has 0 radical (unpaired) electrons. The molecule has 3 unspecified atom stereocenters. The van der Waals surface area contributed by atoms with Gasteiger partial charge in [0.05, 0.1) is 0 Å². The molecule has 1 aromatic carbocycles. The fourth-order valence-electron chi connectivity index (χ4n) is 3.64. The van der Waals surface area contributed by atoms with Crippen molar-refractivity contribution in [2.75, 3.05) is 5.32 Å². The van der Waals surface area contributed by atoms with Gasteiger partial charge in [0.15, 0.2) is 0 Å². The first kappa shape index (κ1) is 11.0. The predicted octanol–water partition coefficient (Wildman–Crippen LogP) is 3.41. The summed E-state index contributed by atoms with van der Waals surface area (Å²) in [6.45, 7) is 0. The Hall–Kier alpha value is -1.83. The van der Waals surface area contributed by atoms with Crippen LogP contribution >= 0.6 is 0 Å². The maximum atomic E-state index is 12.3. The summed E-state index contributed by atoms with van der Waals surface area (Å²) in [7, 11) is 0. The first-order valence-electron chi connectivity index (χ1n) is 7.08. The van der Waals surface area contributed by atoms with E-state index in [1.807, 2.05) is 6.07 Å². The molecule has 3 aliphatic carbocycles. The van der Waals surface area contributed by atoms with Crippen LogP contribution in [0.15, 0.2) is 36.4 Å². The highest BCUT2D eigenvalue weighted by Crippen LogP contribution is 2.43. The minimum atomic E-state index is 0.179. The van der Waals surface area contributed by atoms with Gasteiger partial charge in [-0.25, -0.2) is 0 Å². The first-order chi connectivity index (χ1) is 9.29. The van der Waals surface area contributed by atoms with Gasteiger partial charge >= 0.3 is 0 Å². The summed E-state index contributed by atoms with van der Waals surface area (Å²) in [6.07, 6.45) is 12.0. The molecule has 0 spiro atoms. The van der Waals surface area contributed by atoms with Crippen LogP contribution in [-0.2, 0) is 11.2 Å². The lowest BCUT2D eigenvalue weighted by Gasteiger charge is -2.17. The molecule has 0 aromatic heterocycles. The molecule has 1 aromatic rings. The molecule has 2 heteroatoms. The van der Waals surface area contributed by atoms with Crippen molar-refractivity contribution in [3.63, 3.8) is 0 Å². The van der Waals surface area contributed by atoms with Gasteiger partial charge in [-0.3, -0.25) is 4.79 Å². The third-order valence-corrected chi connectivity index (χ3v) is 4.66. The smallest absolute Gasteiger partial charge is 0.228 e. The molecule has 3 aliphatic rings. The molecular formula is C17H17NO. The van der Waals surface area contributed by atoms with Gasteiger partial charge in [-0.1, -0.05) is 30.4 Å².